The lowest BCUT2D eigenvalue weighted by molar-refractivity contribution is 0.133. The van der Waals surface area contributed by atoms with Gasteiger partial charge < -0.3 is 10.0 Å². The summed E-state index contributed by atoms with van der Waals surface area (Å²) in [7, 11) is 3.91. The predicted octanol–water partition coefficient (Wildman–Crippen LogP) is 2.37. The van der Waals surface area contributed by atoms with Gasteiger partial charge in [-0.05, 0) is 20.5 Å². The second-order valence-corrected chi connectivity index (χ2v) is 2.32. The van der Waals surface area contributed by atoms with Crippen molar-refractivity contribution in [3.05, 3.63) is 0 Å². The summed E-state index contributed by atoms with van der Waals surface area (Å²) in [5.41, 5.74) is 0. The van der Waals surface area contributed by atoms with Crippen molar-refractivity contribution in [1.82, 2.24) is 4.90 Å². The maximum atomic E-state index is 8.99. The fourth-order valence-electron chi connectivity index (χ4n) is 0.551. The van der Waals surface area contributed by atoms with E-state index in [4.69, 9.17) is 5.11 Å². The van der Waals surface area contributed by atoms with E-state index in [0.717, 1.165) is 13.0 Å². The van der Waals surface area contributed by atoms with Crippen LogP contribution in [-0.4, -0.2) is 36.8 Å². The van der Waals surface area contributed by atoms with Crippen LogP contribution in [0.1, 0.15) is 41.0 Å². The fourth-order valence-corrected chi connectivity index (χ4v) is 0.551. The molecule has 1 unspecified atom stereocenters. The van der Waals surface area contributed by atoms with Crippen molar-refractivity contribution in [2.24, 2.45) is 0 Å². The number of rotatable bonds is 3. The predicted molar refractivity (Wildman–Crippen MR) is 57.5 cm³/mol. The smallest absolute Gasteiger partial charge is 0.0664 e. The minimum Gasteiger partial charge on any atom is -0.392 e. The quantitative estimate of drug-likeness (QED) is 0.715. The van der Waals surface area contributed by atoms with Gasteiger partial charge in [-0.15, -0.1) is 0 Å². The summed E-state index contributed by atoms with van der Waals surface area (Å²) in [5, 5.41) is 8.99. The molecule has 0 heterocycles. The molecular weight excluding hydrogens is 150 g/mol. The third kappa shape index (κ3) is 22.5. The zero-order chi connectivity index (χ0) is 10.6. The van der Waals surface area contributed by atoms with E-state index in [-0.39, 0.29) is 6.10 Å². The van der Waals surface area contributed by atoms with Gasteiger partial charge >= 0.3 is 0 Å². The summed E-state index contributed by atoms with van der Waals surface area (Å²) < 4.78 is 0. The van der Waals surface area contributed by atoms with Crippen LogP contribution in [0.15, 0.2) is 0 Å². The Morgan fingerprint density at radius 1 is 1.08 bits per heavy atom. The van der Waals surface area contributed by atoms with Crippen molar-refractivity contribution < 1.29 is 5.11 Å². The maximum absolute atomic E-state index is 8.99. The molecule has 0 amide bonds. The van der Waals surface area contributed by atoms with Crippen LogP contribution in [0.3, 0.4) is 0 Å². The Balaban J connectivity index is -0.000000175. The molecule has 0 saturated carbocycles. The van der Waals surface area contributed by atoms with Crippen LogP contribution in [0.25, 0.3) is 0 Å². The van der Waals surface area contributed by atoms with Crippen molar-refractivity contribution in [2.45, 2.75) is 47.1 Å². The Labute approximate surface area is 78.6 Å². The van der Waals surface area contributed by atoms with Crippen LogP contribution in [0.2, 0.25) is 0 Å². The highest BCUT2D eigenvalue weighted by molar-refractivity contribution is 4.53. The average molecular weight is 177 g/mol. The molecule has 12 heavy (non-hydrogen) atoms. The van der Waals surface area contributed by atoms with Crippen molar-refractivity contribution in [3.63, 3.8) is 0 Å². The molecule has 0 aromatic heterocycles. The first-order chi connectivity index (χ1) is 5.66. The largest absolute Gasteiger partial charge is 0.392 e. The molecule has 0 spiro atoms. The Morgan fingerprint density at radius 2 is 1.42 bits per heavy atom. The van der Waals surface area contributed by atoms with Crippen molar-refractivity contribution in [3.8, 4) is 0 Å². The highest BCUT2D eigenvalue weighted by atomic mass is 16.3. The van der Waals surface area contributed by atoms with Gasteiger partial charge in [0.1, 0.15) is 0 Å². The molecule has 2 nitrogen and oxygen atoms in total. The maximum Gasteiger partial charge on any atom is 0.0664 e. The van der Waals surface area contributed by atoms with Crippen LogP contribution >= 0.6 is 0 Å². The Morgan fingerprint density at radius 3 is 1.50 bits per heavy atom. The number of hydrogen-bond acceptors (Lipinski definition) is 2. The van der Waals surface area contributed by atoms with Gasteiger partial charge in [0.2, 0.25) is 0 Å². The van der Waals surface area contributed by atoms with E-state index >= 15 is 0 Å². The average Bonchev–Trinajstić information content (AvgIpc) is 2.10. The van der Waals surface area contributed by atoms with Gasteiger partial charge in [-0.2, -0.15) is 0 Å². The number of hydrogen-bond donors (Lipinski definition) is 1. The van der Waals surface area contributed by atoms with E-state index in [2.05, 4.69) is 0 Å². The molecule has 78 valence electrons. The van der Waals surface area contributed by atoms with Crippen LogP contribution < -0.4 is 0 Å². The number of nitrogens with zero attached hydrogens (tertiary/aromatic N) is 1. The van der Waals surface area contributed by atoms with Crippen molar-refractivity contribution >= 4 is 0 Å². The number of likely N-dealkylation sites (N-methyl/N-ethyl adjacent to an activating group) is 1. The SMILES string of the molecule is CC.CC.CCC(O)CN(C)C. The van der Waals surface area contributed by atoms with Gasteiger partial charge in [0.25, 0.3) is 0 Å². The van der Waals surface area contributed by atoms with E-state index in [1.807, 2.05) is 53.6 Å². The lowest BCUT2D eigenvalue weighted by Gasteiger charge is -2.13. The first-order valence-corrected chi connectivity index (χ1v) is 4.99. The molecule has 1 atom stereocenters. The van der Waals surface area contributed by atoms with E-state index in [9.17, 15) is 0 Å². The Bertz CT molecular complexity index is 55.8. The molecule has 0 fully saturated rings. The summed E-state index contributed by atoms with van der Waals surface area (Å²) in [6.45, 7) is 10.8. The van der Waals surface area contributed by atoms with Gasteiger partial charge in [-0.25, -0.2) is 0 Å². The standard InChI is InChI=1S/C6H15NO.2C2H6/c1-4-6(8)5-7(2)3;2*1-2/h6,8H,4-5H2,1-3H3;2*1-2H3. The summed E-state index contributed by atoms with van der Waals surface area (Å²) in [6, 6.07) is 0. The number of aliphatic hydroxyl groups excluding tert-OH is 1. The molecule has 2 heteroatoms. The molecule has 0 saturated heterocycles. The van der Waals surface area contributed by atoms with Gasteiger partial charge in [0.15, 0.2) is 0 Å². The third-order valence-electron chi connectivity index (χ3n) is 1.05. The molecule has 0 aliphatic rings. The van der Waals surface area contributed by atoms with Crippen molar-refractivity contribution in [2.75, 3.05) is 20.6 Å². The molecule has 0 aliphatic heterocycles. The van der Waals surface area contributed by atoms with E-state index in [0.29, 0.717) is 0 Å². The Kier molecular flexibility index (Phi) is 25.5. The highest BCUT2D eigenvalue weighted by Crippen LogP contribution is 1.89. The van der Waals surface area contributed by atoms with Crippen LogP contribution in [0.4, 0.5) is 0 Å². The minimum absolute atomic E-state index is 0.148. The topological polar surface area (TPSA) is 23.5 Å². The summed E-state index contributed by atoms with van der Waals surface area (Å²) in [4.78, 5) is 1.98. The summed E-state index contributed by atoms with van der Waals surface area (Å²) in [5.74, 6) is 0. The lowest BCUT2D eigenvalue weighted by Crippen LogP contribution is -2.24. The minimum atomic E-state index is -0.148. The highest BCUT2D eigenvalue weighted by Gasteiger charge is 1.99. The first-order valence-electron chi connectivity index (χ1n) is 4.99. The van der Waals surface area contributed by atoms with Gasteiger partial charge in [0, 0.05) is 6.54 Å². The van der Waals surface area contributed by atoms with E-state index in [1.165, 1.54) is 0 Å². The second kappa shape index (κ2) is 17.1. The van der Waals surface area contributed by atoms with Crippen molar-refractivity contribution in [1.29, 1.82) is 0 Å². The molecule has 0 aliphatic carbocycles. The normalized spacial score (nSPS) is 10.8. The summed E-state index contributed by atoms with van der Waals surface area (Å²) in [6.07, 6.45) is 0.697. The van der Waals surface area contributed by atoms with Crippen LogP contribution in [0, 0.1) is 0 Å². The van der Waals surface area contributed by atoms with Gasteiger partial charge in [-0.3, -0.25) is 0 Å². The molecule has 0 aromatic carbocycles. The zero-order valence-corrected chi connectivity index (χ0v) is 9.89. The third-order valence-corrected chi connectivity index (χ3v) is 1.05. The summed E-state index contributed by atoms with van der Waals surface area (Å²) >= 11 is 0. The monoisotopic (exact) mass is 177 g/mol. The molecule has 0 aromatic rings. The molecule has 0 bridgehead atoms. The second-order valence-electron chi connectivity index (χ2n) is 2.32. The lowest BCUT2D eigenvalue weighted by atomic mass is 10.3. The van der Waals surface area contributed by atoms with Gasteiger partial charge in [0.05, 0.1) is 6.10 Å². The molecule has 0 rings (SSSR count). The van der Waals surface area contributed by atoms with E-state index in [1.54, 1.807) is 0 Å². The van der Waals surface area contributed by atoms with E-state index < -0.39 is 0 Å². The van der Waals surface area contributed by atoms with Crippen LogP contribution in [0.5, 0.6) is 0 Å². The van der Waals surface area contributed by atoms with Gasteiger partial charge in [-0.1, -0.05) is 34.6 Å². The zero-order valence-electron chi connectivity index (χ0n) is 9.89. The fraction of sp³-hybridized carbons (Fsp3) is 1.00. The first kappa shape index (κ1) is 17.9. The molecular formula is C10H27NO. The molecule has 1 N–H and O–H groups in total. The van der Waals surface area contributed by atoms with Crippen LogP contribution in [-0.2, 0) is 0 Å². The number of aliphatic hydroxyl groups is 1. The Hall–Kier alpha value is -0.0800. The molecule has 0 radical (unpaired) electrons.